The van der Waals surface area contributed by atoms with Crippen LogP contribution in [0.5, 0.6) is 5.75 Å². The average molecular weight is 385 g/mol. The van der Waals surface area contributed by atoms with Crippen LogP contribution in [0.1, 0.15) is 20.9 Å². The van der Waals surface area contributed by atoms with E-state index in [-0.39, 0.29) is 5.56 Å². The zero-order chi connectivity index (χ0) is 18.9. The highest BCUT2D eigenvalue weighted by Crippen LogP contribution is 2.21. The number of aromatic nitrogens is 2. The number of nitrogens with zero attached hydrogens (tertiary/aromatic N) is 2. The van der Waals surface area contributed by atoms with Gasteiger partial charge >= 0.3 is 5.97 Å². The second kappa shape index (κ2) is 9.46. The molecule has 8 heteroatoms. The smallest absolute Gasteiger partial charge is 0.335 e. The SMILES string of the molecule is COc1cc(C(=O)O)ccc1N.Sc1csc(C#Cc2ccncc2)n1. The first kappa shape index (κ1) is 19.3. The molecule has 0 saturated heterocycles. The highest BCUT2D eigenvalue weighted by atomic mass is 32.1. The first-order valence-electron chi connectivity index (χ1n) is 7.23. The molecule has 0 saturated carbocycles. The Hall–Kier alpha value is -3.02. The van der Waals surface area contributed by atoms with Crippen LogP contribution in [0.25, 0.3) is 0 Å². The summed E-state index contributed by atoms with van der Waals surface area (Å²) in [5.41, 5.74) is 7.02. The maximum atomic E-state index is 10.5. The van der Waals surface area contributed by atoms with Crippen molar-refractivity contribution in [1.82, 2.24) is 9.97 Å². The van der Waals surface area contributed by atoms with Gasteiger partial charge in [0.15, 0.2) is 5.01 Å². The quantitative estimate of drug-likeness (QED) is 0.356. The summed E-state index contributed by atoms with van der Waals surface area (Å²) in [6.45, 7) is 0. The number of thiol groups is 1. The van der Waals surface area contributed by atoms with Crippen molar-refractivity contribution in [2.75, 3.05) is 12.8 Å². The summed E-state index contributed by atoms with van der Waals surface area (Å²) in [4.78, 5) is 18.5. The van der Waals surface area contributed by atoms with Gasteiger partial charge in [0.25, 0.3) is 0 Å². The molecular formula is C18H15N3O3S2. The van der Waals surface area contributed by atoms with Crippen LogP contribution in [0.4, 0.5) is 5.69 Å². The van der Waals surface area contributed by atoms with E-state index in [1.807, 2.05) is 17.5 Å². The molecule has 0 radical (unpaired) electrons. The Labute approximate surface area is 160 Å². The minimum Gasteiger partial charge on any atom is -0.495 e. The van der Waals surface area contributed by atoms with Crippen molar-refractivity contribution in [1.29, 1.82) is 0 Å². The summed E-state index contributed by atoms with van der Waals surface area (Å²) in [5.74, 6) is 5.35. The molecule has 0 aliphatic rings. The van der Waals surface area contributed by atoms with E-state index in [0.717, 1.165) is 10.6 Å². The number of ether oxygens (including phenoxy) is 1. The van der Waals surface area contributed by atoms with Crippen LogP contribution in [-0.4, -0.2) is 28.2 Å². The number of methoxy groups -OCH3 is 1. The van der Waals surface area contributed by atoms with Gasteiger partial charge < -0.3 is 15.6 Å². The fraction of sp³-hybridized carbons (Fsp3) is 0.0556. The molecule has 26 heavy (non-hydrogen) atoms. The van der Waals surface area contributed by atoms with Crippen LogP contribution in [0.2, 0.25) is 0 Å². The number of carboxylic acids is 1. The van der Waals surface area contributed by atoms with Gasteiger partial charge in [0, 0.05) is 23.3 Å². The van der Waals surface area contributed by atoms with Gasteiger partial charge in [-0.1, -0.05) is 5.92 Å². The predicted octanol–water partition coefficient (Wildman–Crippen LogP) is 3.20. The normalized spacial score (nSPS) is 9.31. The number of anilines is 1. The standard InChI is InChI=1S/C10H6N2S2.C8H9NO3/c13-9-7-14-10(12-9)2-1-8-3-5-11-6-4-8;1-12-7-4-5(8(10)11)2-3-6(7)9/h3-7,13H;2-4H,9H2,1H3,(H,10,11). The molecule has 0 amide bonds. The van der Waals surface area contributed by atoms with Crippen LogP contribution < -0.4 is 10.5 Å². The summed E-state index contributed by atoms with van der Waals surface area (Å²) >= 11 is 5.60. The van der Waals surface area contributed by atoms with Crippen molar-refractivity contribution >= 4 is 35.6 Å². The Morgan fingerprint density at radius 3 is 2.58 bits per heavy atom. The lowest BCUT2D eigenvalue weighted by Crippen LogP contribution is -1.99. The van der Waals surface area contributed by atoms with Crippen molar-refractivity contribution in [3.8, 4) is 17.6 Å². The lowest BCUT2D eigenvalue weighted by Gasteiger charge is -2.03. The summed E-state index contributed by atoms with van der Waals surface area (Å²) < 4.78 is 4.85. The number of benzene rings is 1. The summed E-state index contributed by atoms with van der Waals surface area (Å²) in [6.07, 6.45) is 3.44. The van der Waals surface area contributed by atoms with Gasteiger partial charge in [-0.3, -0.25) is 4.98 Å². The van der Waals surface area contributed by atoms with Gasteiger partial charge in [-0.05, 0) is 36.3 Å². The zero-order valence-electron chi connectivity index (χ0n) is 13.7. The van der Waals surface area contributed by atoms with E-state index in [1.54, 1.807) is 12.4 Å². The van der Waals surface area contributed by atoms with Crippen LogP contribution in [0.3, 0.4) is 0 Å². The van der Waals surface area contributed by atoms with E-state index in [1.165, 1.54) is 36.6 Å². The molecule has 0 fully saturated rings. The molecule has 0 unspecified atom stereocenters. The van der Waals surface area contributed by atoms with Crippen LogP contribution in [-0.2, 0) is 0 Å². The van der Waals surface area contributed by atoms with E-state index >= 15 is 0 Å². The first-order valence-corrected chi connectivity index (χ1v) is 8.55. The van der Waals surface area contributed by atoms with E-state index in [2.05, 4.69) is 34.4 Å². The second-order valence-electron chi connectivity index (χ2n) is 4.76. The number of hydrogen-bond donors (Lipinski definition) is 3. The van der Waals surface area contributed by atoms with Gasteiger partial charge in [0.1, 0.15) is 10.8 Å². The second-order valence-corrected chi connectivity index (χ2v) is 6.07. The Bertz CT molecular complexity index is 947. The van der Waals surface area contributed by atoms with Crippen molar-refractivity contribution < 1.29 is 14.6 Å². The average Bonchev–Trinajstić information content (AvgIpc) is 3.07. The number of aromatic carboxylic acids is 1. The van der Waals surface area contributed by atoms with Gasteiger partial charge in [0.2, 0.25) is 0 Å². The number of nitrogen functional groups attached to an aromatic ring is 1. The van der Waals surface area contributed by atoms with E-state index in [9.17, 15) is 4.79 Å². The number of hydrogen-bond acceptors (Lipinski definition) is 7. The molecule has 132 valence electrons. The first-order chi connectivity index (χ1) is 12.5. The Morgan fingerprint density at radius 2 is 2.00 bits per heavy atom. The number of carboxylic acid groups (broad SMARTS) is 1. The van der Waals surface area contributed by atoms with Crippen LogP contribution in [0.15, 0.2) is 53.1 Å². The highest BCUT2D eigenvalue weighted by Gasteiger charge is 2.05. The minimum absolute atomic E-state index is 0.168. The molecule has 0 aliphatic carbocycles. The van der Waals surface area contributed by atoms with E-state index < -0.39 is 5.97 Å². The van der Waals surface area contributed by atoms with Crippen molar-refractivity contribution in [3.63, 3.8) is 0 Å². The maximum Gasteiger partial charge on any atom is 0.335 e. The Kier molecular flexibility index (Phi) is 7.02. The largest absolute Gasteiger partial charge is 0.495 e. The van der Waals surface area contributed by atoms with Gasteiger partial charge in [-0.15, -0.1) is 24.0 Å². The number of thiazole rings is 1. The Balaban J connectivity index is 0.000000190. The number of pyridine rings is 1. The number of nitrogens with two attached hydrogens (primary N) is 1. The number of rotatable bonds is 2. The summed E-state index contributed by atoms with van der Waals surface area (Å²) in [6, 6.07) is 8.05. The van der Waals surface area contributed by atoms with Crippen molar-refractivity contribution in [2.24, 2.45) is 0 Å². The fourth-order valence-electron chi connectivity index (χ4n) is 1.73. The number of carbonyl (C=O) groups is 1. The van der Waals surface area contributed by atoms with Gasteiger partial charge in [-0.2, -0.15) is 0 Å². The van der Waals surface area contributed by atoms with Gasteiger partial charge in [-0.25, -0.2) is 9.78 Å². The molecule has 1 aromatic carbocycles. The molecule has 6 nitrogen and oxygen atoms in total. The minimum atomic E-state index is -0.992. The van der Waals surface area contributed by atoms with Crippen LogP contribution in [0, 0.1) is 11.8 Å². The molecule has 0 atom stereocenters. The highest BCUT2D eigenvalue weighted by molar-refractivity contribution is 7.80. The van der Waals surface area contributed by atoms with Crippen molar-refractivity contribution in [2.45, 2.75) is 5.03 Å². The topological polar surface area (TPSA) is 98.3 Å². The van der Waals surface area contributed by atoms with Crippen molar-refractivity contribution in [3.05, 3.63) is 64.2 Å². The monoisotopic (exact) mass is 385 g/mol. The molecule has 2 aromatic heterocycles. The molecule has 3 aromatic rings. The van der Waals surface area contributed by atoms with Gasteiger partial charge in [0.05, 0.1) is 18.4 Å². The maximum absolute atomic E-state index is 10.5. The molecule has 3 N–H and O–H groups in total. The molecule has 3 rings (SSSR count). The molecular weight excluding hydrogens is 370 g/mol. The molecule has 0 bridgehead atoms. The van der Waals surface area contributed by atoms with Crippen LogP contribution >= 0.6 is 24.0 Å². The molecule has 0 aliphatic heterocycles. The third-order valence-electron chi connectivity index (χ3n) is 2.97. The summed E-state index contributed by atoms with van der Waals surface area (Å²) in [7, 11) is 1.44. The van der Waals surface area contributed by atoms with E-state index in [4.69, 9.17) is 15.6 Å². The zero-order valence-corrected chi connectivity index (χ0v) is 15.4. The predicted molar refractivity (Wildman–Crippen MR) is 104 cm³/mol. The lowest BCUT2D eigenvalue weighted by atomic mass is 10.2. The lowest BCUT2D eigenvalue weighted by molar-refractivity contribution is 0.0696. The molecule has 0 spiro atoms. The van der Waals surface area contributed by atoms with E-state index in [0.29, 0.717) is 16.5 Å². The summed E-state index contributed by atoms with van der Waals surface area (Å²) in [5, 5.41) is 12.0. The third kappa shape index (κ3) is 5.81. The third-order valence-corrected chi connectivity index (χ3v) is 4.13. The Morgan fingerprint density at radius 1 is 1.27 bits per heavy atom. The fourth-order valence-corrected chi connectivity index (χ4v) is 2.58. The molecule has 2 heterocycles.